The maximum absolute atomic E-state index is 13.2. The fourth-order valence-electron chi connectivity index (χ4n) is 3.32. The first kappa shape index (κ1) is 23.8. The number of amides is 4. The molecule has 0 saturated carbocycles. The standard InChI is InChI=1S/C25H17Cl3N2O4/c1-14-2-4-15(5-3-14)13-34-22-16(10-18(27)12-21(22)28)11-20-23(31)29-25(33)30(24(20)32)19-8-6-17(26)7-9-19/h2-12H,13H2,1H3,(H,29,31,33)/b20-11+. The maximum atomic E-state index is 13.2. The van der Waals surface area contributed by atoms with E-state index in [0.29, 0.717) is 10.6 Å². The summed E-state index contributed by atoms with van der Waals surface area (Å²) in [5.41, 5.74) is 2.30. The lowest BCUT2D eigenvalue weighted by Crippen LogP contribution is -2.54. The molecule has 34 heavy (non-hydrogen) atoms. The van der Waals surface area contributed by atoms with Gasteiger partial charge in [-0.05, 0) is 55.0 Å². The van der Waals surface area contributed by atoms with Crippen LogP contribution in [-0.4, -0.2) is 17.8 Å². The Bertz CT molecular complexity index is 1320. The minimum Gasteiger partial charge on any atom is -0.487 e. The first-order chi connectivity index (χ1) is 16.2. The van der Waals surface area contributed by atoms with Crippen molar-refractivity contribution < 1.29 is 19.1 Å². The van der Waals surface area contributed by atoms with E-state index in [1.807, 2.05) is 31.2 Å². The molecule has 1 fully saturated rings. The van der Waals surface area contributed by atoms with Gasteiger partial charge in [-0.1, -0.05) is 64.6 Å². The first-order valence-electron chi connectivity index (χ1n) is 10.1. The molecule has 0 atom stereocenters. The van der Waals surface area contributed by atoms with Gasteiger partial charge in [-0.2, -0.15) is 0 Å². The van der Waals surface area contributed by atoms with Crippen LogP contribution in [0, 0.1) is 6.92 Å². The Morgan fingerprint density at radius 2 is 1.59 bits per heavy atom. The van der Waals surface area contributed by atoms with Crippen molar-refractivity contribution in [2.45, 2.75) is 13.5 Å². The molecule has 0 aromatic heterocycles. The van der Waals surface area contributed by atoms with E-state index in [1.165, 1.54) is 42.5 Å². The summed E-state index contributed by atoms with van der Waals surface area (Å²) < 4.78 is 5.93. The monoisotopic (exact) mass is 514 g/mol. The number of ether oxygens (including phenoxy) is 1. The number of halogens is 3. The van der Waals surface area contributed by atoms with Crippen LogP contribution in [0.2, 0.25) is 15.1 Å². The van der Waals surface area contributed by atoms with Crippen LogP contribution < -0.4 is 15.0 Å². The van der Waals surface area contributed by atoms with Crippen molar-refractivity contribution in [1.29, 1.82) is 0 Å². The van der Waals surface area contributed by atoms with Gasteiger partial charge in [-0.3, -0.25) is 14.9 Å². The topological polar surface area (TPSA) is 75.7 Å². The SMILES string of the molecule is Cc1ccc(COc2c(Cl)cc(Cl)cc2/C=C2\C(=O)NC(=O)N(c3ccc(Cl)cc3)C2=O)cc1. The van der Waals surface area contributed by atoms with Crippen LogP contribution in [0.25, 0.3) is 6.08 Å². The Morgan fingerprint density at radius 1 is 0.912 bits per heavy atom. The average molecular weight is 516 g/mol. The van der Waals surface area contributed by atoms with E-state index < -0.39 is 17.8 Å². The number of aryl methyl sites for hydroxylation is 1. The molecule has 0 aliphatic carbocycles. The van der Waals surface area contributed by atoms with Crippen molar-refractivity contribution in [3.63, 3.8) is 0 Å². The third-order valence-corrected chi connectivity index (χ3v) is 5.78. The zero-order chi connectivity index (χ0) is 24.4. The van der Waals surface area contributed by atoms with Crippen molar-refractivity contribution in [1.82, 2.24) is 5.32 Å². The number of hydrogen-bond donors (Lipinski definition) is 1. The highest BCUT2D eigenvalue weighted by molar-refractivity contribution is 6.40. The summed E-state index contributed by atoms with van der Waals surface area (Å²) >= 11 is 18.5. The third-order valence-electron chi connectivity index (χ3n) is 5.03. The number of hydrogen-bond acceptors (Lipinski definition) is 4. The molecule has 4 amide bonds. The molecule has 4 rings (SSSR count). The van der Waals surface area contributed by atoms with E-state index >= 15 is 0 Å². The van der Waals surface area contributed by atoms with E-state index in [0.717, 1.165) is 16.0 Å². The summed E-state index contributed by atoms with van der Waals surface area (Å²) in [7, 11) is 0. The number of carbonyl (C=O) groups excluding carboxylic acids is 3. The number of barbiturate groups is 1. The minimum atomic E-state index is -0.866. The van der Waals surface area contributed by atoms with Crippen molar-refractivity contribution in [3.8, 4) is 5.75 Å². The van der Waals surface area contributed by atoms with Crippen LogP contribution in [0.1, 0.15) is 16.7 Å². The van der Waals surface area contributed by atoms with Crippen molar-refractivity contribution in [3.05, 3.63) is 98.0 Å². The molecule has 1 N–H and O–H groups in total. The predicted molar refractivity (Wildman–Crippen MR) is 132 cm³/mol. The number of carbonyl (C=O) groups is 3. The zero-order valence-corrected chi connectivity index (χ0v) is 20.0. The lowest BCUT2D eigenvalue weighted by molar-refractivity contribution is -0.122. The van der Waals surface area contributed by atoms with Crippen LogP contribution in [0.3, 0.4) is 0 Å². The molecule has 1 aliphatic rings. The van der Waals surface area contributed by atoms with Crippen LogP contribution >= 0.6 is 34.8 Å². The second-order valence-electron chi connectivity index (χ2n) is 7.51. The molecular weight excluding hydrogens is 499 g/mol. The number of nitrogens with one attached hydrogen (secondary N) is 1. The van der Waals surface area contributed by atoms with Gasteiger partial charge in [-0.15, -0.1) is 0 Å². The molecular formula is C25H17Cl3N2O4. The maximum Gasteiger partial charge on any atom is 0.335 e. The van der Waals surface area contributed by atoms with E-state index in [1.54, 1.807) is 0 Å². The zero-order valence-electron chi connectivity index (χ0n) is 17.8. The Kier molecular flexibility index (Phi) is 6.93. The highest BCUT2D eigenvalue weighted by Crippen LogP contribution is 2.35. The summed E-state index contributed by atoms with van der Waals surface area (Å²) in [5.74, 6) is -1.41. The molecule has 172 valence electrons. The summed E-state index contributed by atoms with van der Waals surface area (Å²) in [4.78, 5) is 39.0. The highest BCUT2D eigenvalue weighted by atomic mass is 35.5. The summed E-state index contributed by atoms with van der Waals surface area (Å²) in [6.45, 7) is 2.18. The fraction of sp³-hybridized carbons (Fsp3) is 0.0800. The van der Waals surface area contributed by atoms with Crippen LogP contribution in [0.5, 0.6) is 5.75 Å². The van der Waals surface area contributed by atoms with E-state index in [9.17, 15) is 14.4 Å². The number of anilines is 1. The smallest absolute Gasteiger partial charge is 0.335 e. The molecule has 0 spiro atoms. The van der Waals surface area contributed by atoms with Crippen molar-refractivity contribution >= 4 is 64.4 Å². The minimum absolute atomic E-state index is 0.202. The third kappa shape index (κ3) is 5.09. The molecule has 1 saturated heterocycles. The number of urea groups is 1. The van der Waals surface area contributed by atoms with Gasteiger partial charge in [0, 0.05) is 15.6 Å². The number of imide groups is 2. The van der Waals surface area contributed by atoms with Gasteiger partial charge in [0.15, 0.2) is 0 Å². The molecule has 0 unspecified atom stereocenters. The van der Waals surface area contributed by atoms with Crippen LogP contribution in [-0.2, 0) is 16.2 Å². The normalized spacial score (nSPS) is 15.0. The molecule has 0 radical (unpaired) electrons. The summed E-state index contributed by atoms with van der Waals surface area (Å²) in [6.07, 6.45) is 1.30. The fourth-order valence-corrected chi connectivity index (χ4v) is 4.01. The molecule has 3 aromatic carbocycles. The molecule has 3 aromatic rings. The largest absolute Gasteiger partial charge is 0.487 e. The van der Waals surface area contributed by atoms with E-state index in [2.05, 4.69) is 5.32 Å². The van der Waals surface area contributed by atoms with Crippen LogP contribution in [0.4, 0.5) is 10.5 Å². The summed E-state index contributed by atoms with van der Waals surface area (Å²) in [6, 6.07) is 16.0. The van der Waals surface area contributed by atoms with Gasteiger partial charge in [0.2, 0.25) is 0 Å². The van der Waals surface area contributed by atoms with Crippen molar-refractivity contribution in [2.24, 2.45) is 0 Å². The Labute approximate surface area is 210 Å². The molecule has 0 bridgehead atoms. The van der Waals surface area contributed by atoms with Gasteiger partial charge in [-0.25, -0.2) is 9.69 Å². The number of benzene rings is 3. The highest BCUT2D eigenvalue weighted by Gasteiger charge is 2.37. The quantitative estimate of drug-likeness (QED) is 0.324. The van der Waals surface area contributed by atoms with E-state index in [-0.39, 0.29) is 33.7 Å². The van der Waals surface area contributed by atoms with Gasteiger partial charge in [0.1, 0.15) is 17.9 Å². The Morgan fingerprint density at radius 3 is 2.26 bits per heavy atom. The molecule has 9 heteroatoms. The lowest BCUT2D eigenvalue weighted by atomic mass is 10.1. The van der Waals surface area contributed by atoms with Gasteiger partial charge in [0.05, 0.1) is 10.7 Å². The lowest BCUT2D eigenvalue weighted by Gasteiger charge is -2.26. The Balaban J connectivity index is 1.70. The first-order valence-corrected chi connectivity index (χ1v) is 11.2. The number of nitrogens with zero attached hydrogens (tertiary/aromatic N) is 1. The molecule has 1 aliphatic heterocycles. The number of rotatable bonds is 5. The van der Waals surface area contributed by atoms with Gasteiger partial charge in [0.25, 0.3) is 11.8 Å². The van der Waals surface area contributed by atoms with Gasteiger partial charge >= 0.3 is 6.03 Å². The average Bonchev–Trinajstić information content (AvgIpc) is 2.78. The van der Waals surface area contributed by atoms with Crippen molar-refractivity contribution in [2.75, 3.05) is 4.90 Å². The van der Waals surface area contributed by atoms with Gasteiger partial charge < -0.3 is 4.74 Å². The molecule has 6 nitrogen and oxygen atoms in total. The second-order valence-corrected chi connectivity index (χ2v) is 8.79. The second kappa shape index (κ2) is 9.89. The Hall–Kier alpha value is -3.32. The summed E-state index contributed by atoms with van der Waals surface area (Å²) in [5, 5.41) is 3.10. The van der Waals surface area contributed by atoms with Crippen LogP contribution in [0.15, 0.2) is 66.2 Å². The molecule has 1 heterocycles. The predicted octanol–water partition coefficient (Wildman–Crippen LogP) is 6.20. The van der Waals surface area contributed by atoms with E-state index in [4.69, 9.17) is 39.5 Å².